The second kappa shape index (κ2) is 17.8. The Bertz CT molecular complexity index is 1900. The molecule has 1 fully saturated rings. The maximum Gasteiger partial charge on any atom is 0.407 e. The van der Waals surface area contributed by atoms with Crippen LogP contribution in [0.5, 0.6) is 23.0 Å². The summed E-state index contributed by atoms with van der Waals surface area (Å²) in [6.45, 7) is 2.40. The molecule has 54 heavy (non-hydrogen) atoms. The number of nitrogens with zero attached hydrogens (tertiary/aromatic N) is 2. The quantitative estimate of drug-likeness (QED) is 0.0357. The first-order valence-corrected chi connectivity index (χ1v) is 16.9. The van der Waals surface area contributed by atoms with Gasteiger partial charge in [0.05, 0.1) is 5.56 Å². The Morgan fingerprint density at radius 3 is 1.61 bits per heavy atom. The predicted octanol–water partition coefficient (Wildman–Crippen LogP) is 6.79. The molecule has 15 heteroatoms. The highest BCUT2D eigenvalue weighted by atomic mass is 16.6. The molecule has 0 unspecified atom stereocenters. The van der Waals surface area contributed by atoms with Gasteiger partial charge in [-0.15, -0.1) is 0 Å². The molecular formula is C39H39N5O10. The van der Waals surface area contributed by atoms with Gasteiger partial charge in [0, 0.05) is 37.1 Å². The largest absolute Gasteiger partial charge is 0.459 e. The number of hydroxylamine groups is 4. The summed E-state index contributed by atoms with van der Waals surface area (Å²) in [5.74, 6) is -1.89. The number of hydrogen-bond acceptors (Lipinski definition) is 12. The van der Waals surface area contributed by atoms with Gasteiger partial charge in [-0.3, -0.25) is 30.8 Å². The molecule has 4 aromatic carbocycles. The number of alkyl carbamates (subject to hydrolysis) is 1. The number of amides is 3. The van der Waals surface area contributed by atoms with E-state index in [2.05, 4.69) is 5.32 Å². The molecule has 0 atom stereocenters. The summed E-state index contributed by atoms with van der Waals surface area (Å²) in [5.41, 5.74) is 1.50. The topological polar surface area (TPSA) is 212 Å². The average Bonchev–Trinajstić information content (AvgIpc) is 3.17. The second-order valence-electron chi connectivity index (χ2n) is 12.4. The number of ether oxygens (including phenoxy) is 4. The molecule has 15 nitrogen and oxygen atoms in total. The number of benzene rings is 4. The van der Waals surface area contributed by atoms with Crippen LogP contribution in [-0.2, 0) is 25.7 Å². The van der Waals surface area contributed by atoms with Crippen molar-refractivity contribution in [2.45, 2.75) is 58.3 Å². The maximum atomic E-state index is 13.5. The standard InChI is InChI=1S/C39H39N5O10/c1-24(45)43(49)36(40)27-8-14-31(15-9-27)52-34-20-29(21-35(22-34)53-32-16-10-28(11-17-32)37(41)44(50)25(2)46)38(47)54-33-18-12-30(13-19-33)42-39(48)51-23-26-6-4-3-5-7-26/h3-11,14-17,20-22,30,33,40-41,49-50H,12-13,18-19,23H2,1-2H3,(H,42,48). The van der Waals surface area contributed by atoms with Gasteiger partial charge in [-0.1, -0.05) is 30.3 Å². The molecule has 0 aromatic heterocycles. The van der Waals surface area contributed by atoms with Crippen LogP contribution < -0.4 is 14.8 Å². The molecule has 0 spiro atoms. The van der Waals surface area contributed by atoms with Crippen LogP contribution in [0.2, 0.25) is 0 Å². The van der Waals surface area contributed by atoms with Gasteiger partial charge in [0.15, 0.2) is 11.7 Å². The Balaban J connectivity index is 1.27. The molecule has 4 aromatic rings. The Hall–Kier alpha value is -6.58. The minimum Gasteiger partial charge on any atom is -0.459 e. The van der Waals surface area contributed by atoms with E-state index >= 15 is 0 Å². The smallest absolute Gasteiger partial charge is 0.407 e. The highest BCUT2D eigenvalue weighted by molar-refractivity contribution is 6.05. The molecule has 0 aliphatic heterocycles. The van der Waals surface area contributed by atoms with Gasteiger partial charge in [0.2, 0.25) is 11.8 Å². The zero-order valence-electron chi connectivity index (χ0n) is 29.5. The van der Waals surface area contributed by atoms with E-state index in [1.165, 1.54) is 66.7 Å². The predicted molar refractivity (Wildman–Crippen MR) is 193 cm³/mol. The Morgan fingerprint density at radius 2 is 1.15 bits per heavy atom. The van der Waals surface area contributed by atoms with Crippen molar-refractivity contribution in [2.75, 3.05) is 0 Å². The first kappa shape index (κ1) is 38.6. The van der Waals surface area contributed by atoms with Crippen LogP contribution >= 0.6 is 0 Å². The number of nitrogens with one attached hydrogen (secondary N) is 3. The summed E-state index contributed by atoms with van der Waals surface area (Å²) in [6, 6.07) is 25.7. The van der Waals surface area contributed by atoms with Gasteiger partial charge in [-0.05, 0) is 91.9 Å². The second-order valence-corrected chi connectivity index (χ2v) is 12.4. The zero-order valence-corrected chi connectivity index (χ0v) is 29.5. The van der Waals surface area contributed by atoms with E-state index in [9.17, 15) is 29.6 Å². The fourth-order valence-corrected chi connectivity index (χ4v) is 5.48. The number of amidine groups is 2. The molecule has 0 heterocycles. The third-order valence-corrected chi connectivity index (χ3v) is 8.35. The molecule has 0 bridgehead atoms. The van der Waals surface area contributed by atoms with Crippen LogP contribution in [0.3, 0.4) is 0 Å². The number of carbonyl (C=O) groups is 4. The van der Waals surface area contributed by atoms with Crippen LogP contribution in [0.15, 0.2) is 97.1 Å². The van der Waals surface area contributed by atoms with Crippen LogP contribution in [0.25, 0.3) is 0 Å². The minimum atomic E-state index is -0.722. The highest BCUT2D eigenvalue weighted by Gasteiger charge is 2.26. The van der Waals surface area contributed by atoms with E-state index in [1.54, 1.807) is 0 Å². The van der Waals surface area contributed by atoms with Gasteiger partial charge in [-0.2, -0.15) is 10.1 Å². The lowest BCUT2D eigenvalue weighted by atomic mass is 9.93. The van der Waals surface area contributed by atoms with Gasteiger partial charge in [-0.25, -0.2) is 9.59 Å². The fourth-order valence-electron chi connectivity index (χ4n) is 5.48. The van der Waals surface area contributed by atoms with Crippen LogP contribution in [0.1, 0.15) is 66.6 Å². The summed E-state index contributed by atoms with van der Waals surface area (Å²) in [7, 11) is 0. The van der Waals surface area contributed by atoms with Crippen molar-refractivity contribution in [3.05, 3.63) is 119 Å². The zero-order chi connectivity index (χ0) is 38.8. The molecule has 3 amide bonds. The lowest BCUT2D eigenvalue weighted by molar-refractivity contribution is -0.147. The molecule has 5 N–H and O–H groups in total. The SMILES string of the molecule is CC(=O)N(O)C(=N)c1ccc(Oc2cc(Oc3ccc(C(=N)N(O)C(C)=O)cc3)cc(C(=O)OC3CCC(NC(=O)OCc4ccccc4)CC3)c2)cc1. The first-order valence-electron chi connectivity index (χ1n) is 16.9. The van der Waals surface area contributed by atoms with Gasteiger partial charge in [0.1, 0.15) is 35.7 Å². The summed E-state index contributed by atoms with van der Waals surface area (Å²) >= 11 is 0. The van der Waals surface area contributed by atoms with Crippen molar-refractivity contribution in [3.63, 3.8) is 0 Å². The van der Waals surface area contributed by atoms with E-state index in [-0.39, 0.29) is 51.0 Å². The Labute approximate surface area is 310 Å². The highest BCUT2D eigenvalue weighted by Crippen LogP contribution is 2.32. The molecule has 1 aliphatic rings. The minimum absolute atomic E-state index is 0.124. The Morgan fingerprint density at radius 1 is 0.667 bits per heavy atom. The third kappa shape index (κ3) is 10.5. The first-order chi connectivity index (χ1) is 25.9. The van der Waals surface area contributed by atoms with Gasteiger partial charge >= 0.3 is 12.1 Å². The maximum absolute atomic E-state index is 13.5. The van der Waals surface area contributed by atoms with Gasteiger partial charge < -0.3 is 24.3 Å². The van der Waals surface area contributed by atoms with Crippen molar-refractivity contribution >= 4 is 35.5 Å². The molecule has 1 aliphatic carbocycles. The third-order valence-electron chi connectivity index (χ3n) is 8.35. The van der Waals surface area contributed by atoms with Crippen LogP contribution in [0, 0.1) is 10.8 Å². The fraction of sp³-hybridized carbons (Fsp3) is 0.231. The van der Waals surface area contributed by atoms with Crippen molar-refractivity contribution in [3.8, 4) is 23.0 Å². The van der Waals surface area contributed by atoms with Crippen LogP contribution in [0.4, 0.5) is 4.79 Å². The number of carbonyl (C=O) groups excluding carboxylic acids is 4. The Kier molecular flexibility index (Phi) is 12.7. The van der Waals surface area contributed by atoms with Crippen molar-refractivity contribution in [2.24, 2.45) is 0 Å². The summed E-state index contributed by atoms with van der Waals surface area (Å²) in [4.78, 5) is 48.8. The molecule has 280 valence electrons. The molecule has 0 saturated heterocycles. The summed E-state index contributed by atoms with van der Waals surface area (Å²) in [6.07, 6.45) is 1.28. The van der Waals surface area contributed by atoms with E-state index < -0.39 is 41.7 Å². The molecule has 5 rings (SSSR count). The molecule has 1 saturated carbocycles. The number of esters is 1. The summed E-state index contributed by atoms with van der Waals surface area (Å²) in [5, 5.41) is 39.0. The lowest BCUT2D eigenvalue weighted by Gasteiger charge is -2.28. The lowest BCUT2D eigenvalue weighted by Crippen LogP contribution is -2.39. The molecular weight excluding hydrogens is 698 g/mol. The van der Waals surface area contributed by atoms with Crippen molar-refractivity contribution in [1.29, 1.82) is 10.8 Å². The number of rotatable bonds is 11. The van der Waals surface area contributed by atoms with E-state index in [0.29, 0.717) is 37.2 Å². The van der Waals surface area contributed by atoms with E-state index in [1.807, 2.05) is 30.3 Å². The summed E-state index contributed by atoms with van der Waals surface area (Å²) < 4.78 is 23.3. The van der Waals surface area contributed by atoms with Crippen molar-refractivity contribution < 1.29 is 48.5 Å². The van der Waals surface area contributed by atoms with E-state index in [4.69, 9.17) is 29.8 Å². The monoisotopic (exact) mass is 737 g/mol. The molecule has 0 radical (unpaired) electrons. The average molecular weight is 738 g/mol. The van der Waals surface area contributed by atoms with Gasteiger partial charge in [0.25, 0.3) is 0 Å². The van der Waals surface area contributed by atoms with Crippen LogP contribution in [-0.4, -0.2) is 68.2 Å². The normalized spacial score (nSPS) is 14.9. The van der Waals surface area contributed by atoms with Crippen molar-refractivity contribution in [1.82, 2.24) is 15.4 Å². The van der Waals surface area contributed by atoms with E-state index in [0.717, 1.165) is 19.4 Å². The number of hydrogen-bond donors (Lipinski definition) is 5.